The maximum absolute atomic E-state index is 12.4. The standard InChI is InChI=1S/C15H17N3O2S2/c1-4-12-6-8-15(21-12)22(19,20)17-11-5-7-14-13(9-11)16-10(2)18(14)3/h5-9,17H,4H2,1-3H3. The van der Waals surface area contributed by atoms with Gasteiger partial charge in [-0.1, -0.05) is 6.92 Å². The maximum atomic E-state index is 12.4. The number of benzene rings is 1. The second-order valence-electron chi connectivity index (χ2n) is 5.10. The molecule has 0 saturated carbocycles. The highest BCUT2D eigenvalue weighted by Gasteiger charge is 2.17. The van der Waals surface area contributed by atoms with Crippen LogP contribution in [0.2, 0.25) is 0 Å². The Morgan fingerprint density at radius 3 is 2.73 bits per heavy atom. The molecule has 0 atom stereocenters. The zero-order chi connectivity index (χ0) is 15.9. The fourth-order valence-electron chi connectivity index (χ4n) is 2.28. The van der Waals surface area contributed by atoms with Crippen LogP contribution in [0.4, 0.5) is 5.69 Å². The molecule has 0 saturated heterocycles. The summed E-state index contributed by atoms with van der Waals surface area (Å²) in [6.07, 6.45) is 0.833. The molecule has 1 N–H and O–H groups in total. The average molecular weight is 335 g/mol. The SMILES string of the molecule is CCc1ccc(S(=O)(=O)Nc2ccc3c(c2)nc(C)n3C)s1. The number of sulfonamides is 1. The van der Waals surface area contributed by atoms with Gasteiger partial charge in [-0.05, 0) is 43.7 Å². The number of thiophene rings is 1. The van der Waals surface area contributed by atoms with E-state index in [1.54, 1.807) is 18.2 Å². The number of nitrogens with zero attached hydrogens (tertiary/aromatic N) is 2. The summed E-state index contributed by atoms with van der Waals surface area (Å²) >= 11 is 1.30. The van der Waals surface area contributed by atoms with E-state index < -0.39 is 10.0 Å². The second-order valence-corrected chi connectivity index (χ2v) is 8.18. The first-order valence-electron chi connectivity index (χ1n) is 6.95. The molecule has 0 aliphatic rings. The van der Waals surface area contributed by atoms with Crippen LogP contribution in [0.15, 0.2) is 34.5 Å². The molecule has 0 aliphatic carbocycles. The van der Waals surface area contributed by atoms with Gasteiger partial charge in [0.25, 0.3) is 10.0 Å². The van der Waals surface area contributed by atoms with Gasteiger partial charge in [0.15, 0.2) is 0 Å². The number of imidazole rings is 1. The summed E-state index contributed by atoms with van der Waals surface area (Å²) in [5, 5.41) is 0. The van der Waals surface area contributed by atoms with Crippen molar-refractivity contribution in [3.05, 3.63) is 41.0 Å². The van der Waals surface area contributed by atoms with Crippen molar-refractivity contribution in [1.29, 1.82) is 0 Å². The van der Waals surface area contributed by atoms with Crippen LogP contribution in [0, 0.1) is 6.92 Å². The molecule has 0 radical (unpaired) electrons. The fourth-order valence-corrected chi connectivity index (χ4v) is 4.63. The lowest BCUT2D eigenvalue weighted by Gasteiger charge is -2.06. The van der Waals surface area contributed by atoms with E-state index in [0.717, 1.165) is 28.2 Å². The van der Waals surface area contributed by atoms with Gasteiger partial charge in [0.2, 0.25) is 0 Å². The number of aromatic nitrogens is 2. The Morgan fingerprint density at radius 2 is 2.05 bits per heavy atom. The Balaban J connectivity index is 1.94. The molecule has 1 aromatic carbocycles. The third-order valence-electron chi connectivity index (χ3n) is 3.61. The van der Waals surface area contributed by atoms with Crippen molar-refractivity contribution in [1.82, 2.24) is 9.55 Å². The van der Waals surface area contributed by atoms with Crippen molar-refractivity contribution in [2.45, 2.75) is 24.5 Å². The van der Waals surface area contributed by atoms with Gasteiger partial charge in [-0.15, -0.1) is 11.3 Å². The second kappa shape index (κ2) is 5.40. The van der Waals surface area contributed by atoms with E-state index >= 15 is 0 Å². The molecule has 5 nitrogen and oxygen atoms in total. The van der Waals surface area contributed by atoms with Crippen LogP contribution in [-0.4, -0.2) is 18.0 Å². The molecule has 3 rings (SSSR count). The first-order valence-corrected chi connectivity index (χ1v) is 9.25. The minimum absolute atomic E-state index is 0.335. The lowest BCUT2D eigenvalue weighted by Crippen LogP contribution is -2.11. The Morgan fingerprint density at radius 1 is 1.27 bits per heavy atom. The van der Waals surface area contributed by atoms with Crippen molar-refractivity contribution in [2.75, 3.05) is 4.72 Å². The van der Waals surface area contributed by atoms with Gasteiger partial charge in [0.1, 0.15) is 10.0 Å². The smallest absolute Gasteiger partial charge is 0.271 e. The molecule has 0 bridgehead atoms. The fraction of sp³-hybridized carbons (Fsp3) is 0.267. The van der Waals surface area contributed by atoms with E-state index in [0.29, 0.717) is 9.90 Å². The highest BCUT2D eigenvalue weighted by molar-refractivity contribution is 7.94. The molecular weight excluding hydrogens is 318 g/mol. The maximum Gasteiger partial charge on any atom is 0.271 e. The summed E-state index contributed by atoms with van der Waals surface area (Å²) in [7, 11) is -1.60. The Hall–Kier alpha value is -1.86. The topological polar surface area (TPSA) is 64.0 Å². The Labute approximate surface area is 133 Å². The highest BCUT2D eigenvalue weighted by Crippen LogP contribution is 2.26. The van der Waals surface area contributed by atoms with E-state index in [1.807, 2.05) is 37.6 Å². The lowest BCUT2D eigenvalue weighted by molar-refractivity contribution is 0.603. The van der Waals surface area contributed by atoms with Gasteiger partial charge >= 0.3 is 0 Å². The molecule has 0 unspecified atom stereocenters. The molecule has 7 heteroatoms. The van der Waals surface area contributed by atoms with E-state index in [2.05, 4.69) is 9.71 Å². The van der Waals surface area contributed by atoms with Crippen molar-refractivity contribution >= 4 is 38.1 Å². The monoisotopic (exact) mass is 335 g/mol. The summed E-state index contributed by atoms with van der Waals surface area (Å²) < 4.78 is 29.8. The van der Waals surface area contributed by atoms with E-state index in [4.69, 9.17) is 0 Å². The third kappa shape index (κ3) is 2.62. The molecule has 0 aliphatic heterocycles. The van der Waals surface area contributed by atoms with E-state index in [9.17, 15) is 8.42 Å². The van der Waals surface area contributed by atoms with E-state index in [1.165, 1.54) is 11.3 Å². The van der Waals surface area contributed by atoms with Crippen molar-refractivity contribution in [3.63, 3.8) is 0 Å². The molecule has 2 aromatic heterocycles. The van der Waals surface area contributed by atoms with Crippen LogP contribution >= 0.6 is 11.3 Å². The number of rotatable bonds is 4. The zero-order valence-corrected chi connectivity index (χ0v) is 14.3. The van der Waals surface area contributed by atoms with Crippen LogP contribution in [0.5, 0.6) is 0 Å². The Bertz CT molecular complexity index is 939. The first kappa shape index (κ1) is 15.1. The quantitative estimate of drug-likeness (QED) is 0.795. The Kier molecular flexibility index (Phi) is 3.70. The largest absolute Gasteiger partial charge is 0.331 e. The number of nitrogens with one attached hydrogen (secondary N) is 1. The molecule has 3 aromatic rings. The number of hydrogen-bond acceptors (Lipinski definition) is 4. The zero-order valence-electron chi connectivity index (χ0n) is 12.6. The molecule has 22 heavy (non-hydrogen) atoms. The summed E-state index contributed by atoms with van der Waals surface area (Å²) in [6, 6.07) is 8.89. The molecule has 0 amide bonds. The van der Waals surface area contributed by atoms with Gasteiger partial charge in [0, 0.05) is 11.9 Å². The number of anilines is 1. The number of aryl methyl sites for hydroxylation is 3. The number of fused-ring (bicyclic) bond motifs is 1. The lowest BCUT2D eigenvalue weighted by atomic mass is 10.3. The predicted octanol–water partition coefficient (Wildman–Crippen LogP) is 3.31. The summed E-state index contributed by atoms with van der Waals surface area (Å²) in [4.78, 5) is 5.48. The predicted molar refractivity (Wildman–Crippen MR) is 90.0 cm³/mol. The van der Waals surface area contributed by atoms with Crippen molar-refractivity contribution in [3.8, 4) is 0 Å². The van der Waals surface area contributed by atoms with Gasteiger partial charge in [-0.25, -0.2) is 13.4 Å². The van der Waals surface area contributed by atoms with Gasteiger partial charge in [-0.3, -0.25) is 4.72 Å². The van der Waals surface area contributed by atoms with Crippen LogP contribution in [0.25, 0.3) is 11.0 Å². The molecule has 0 spiro atoms. The van der Waals surface area contributed by atoms with Gasteiger partial charge < -0.3 is 4.57 Å². The first-order chi connectivity index (χ1) is 10.4. The van der Waals surface area contributed by atoms with Crippen LogP contribution < -0.4 is 4.72 Å². The van der Waals surface area contributed by atoms with Crippen molar-refractivity contribution < 1.29 is 8.42 Å². The molecule has 116 valence electrons. The number of hydrogen-bond donors (Lipinski definition) is 1. The highest BCUT2D eigenvalue weighted by atomic mass is 32.2. The minimum Gasteiger partial charge on any atom is -0.331 e. The normalized spacial score (nSPS) is 12.0. The average Bonchev–Trinajstić information content (AvgIpc) is 3.05. The van der Waals surface area contributed by atoms with E-state index in [-0.39, 0.29) is 0 Å². The third-order valence-corrected chi connectivity index (χ3v) is 6.71. The summed E-state index contributed by atoms with van der Waals surface area (Å²) in [6.45, 7) is 3.93. The van der Waals surface area contributed by atoms with Crippen molar-refractivity contribution in [2.24, 2.45) is 7.05 Å². The van der Waals surface area contributed by atoms with Gasteiger partial charge in [0.05, 0.1) is 16.7 Å². The molecular formula is C15H17N3O2S2. The van der Waals surface area contributed by atoms with Crippen LogP contribution in [0.3, 0.4) is 0 Å². The summed E-state index contributed by atoms with van der Waals surface area (Å²) in [5.74, 6) is 0.890. The molecule has 0 fully saturated rings. The van der Waals surface area contributed by atoms with Crippen LogP contribution in [-0.2, 0) is 23.5 Å². The molecule has 2 heterocycles. The minimum atomic E-state index is -3.54. The van der Waals surface area contributed by atoms with Gasteiger partial charge in [-0.2, -0.15) is 0 Å². The summed E-state index contributed by atoms with van der Waals surface area (Å²) in [5.41, 5.74) is 2.28. The van der Waals surface area contributed by atoms with Crippen LogP contribution in [0.1, 0.15) is 17.6 Å².